The molecule has 0 amide bonds. The second-order valence-corrected chi connectivity index (χ2v) is 5.00. The summed E-state index contributed by atoms with van der Waals surface area (Å²) < 4.78 is 10.8. The van der Waals surface area contributed by atoms with E-state index in [2.05, 4.69) is 24.3 Å². The van der Waals surface area contributed by atoms with Gasteiger partial charge in [-0.05, 0) is 24.3 Å². The van der Waals surface area contributed by atoms with Crippen molar-refractivity contribution >= 4 is 11.6 Å². The van der Waals surface area contributed by atoms with E-state index in [1.807, 2.05) is 18.2 Å². The van der Waals surface area contributed by atoms with Gasteiger partial charge in [0.25, 0.3) is 0 Å². The summed E-state index contributed by atoms with van der Waals surface area (Å²) in [5, 5.41) is 7.94. The van der Waals surface area contributed by atoms with Crippen molar-refractivity contribution in [1.29, 1.82) is 0 Å². The fourth-order valence-corrected chi connectivity index (χ4v) is 1.63. The zero-order valence-corrected chi connectivity index (χ0v) is 11.8. The normalized spacial score (nSPS) is 10.9. The molecule has 1 aromatic carbocycles. The van der Waals surface area contributed by atoms with Gasteiger partial charge in [0.05, 0.1) is 5.69 Å². The van der Waals surface area contributed by atoms with Gasteiger partial charge in [-0.1, -0.05) is 30.6 Å². The van der Waals surface area contributed by atoms with Gasteiger partial charge in [-0.3, -0.25) is 0 Å². The van der Waals surface area contributed by atoms with Gasteiger partial charge < -0.3 is 14.6 Å². The second kappa shape index (κ2) is 6.59. The summed E-state index contributed by atoms with van der Waals surface area (Å²) in [6.45, 7) is 5.23. The zero-order valence-electron chi connectivity index (χ0n) is 11.0. The third kappa shape index (κ3) is 4.58. The Kier molecular flexibility index (Phi) is 4.82. The van der Waals surface area contributed by atoms with Gasteiger partial charge in [0.1, 0.15) is 12.4 Å². The van der Waals surface area contributed by atoms with Crippen LogP contribution in [0.4, 0.5) is 0 Å². The van der Waals surface area contributed by atoms with Crippen LogP contribution >= 0.6 is 11.6 Å². The maximum absolute atomic E-state index is 5.80. The second-order valence-electron chi connectivity index (χ2n) is 4.56. The Hall–Kier alpha value is -1.52. The maximum atomic E-state index is 5.80. The minimum absolute atomic E-state index is 0.357. The van der Waals surface area contributed by atoms with Gasteiger partial charge in [-0.15, -0.1) is 0 Å². The molecule has 0 radical (unpaired) electrons. The van der Waals surface area contributed by atoms with Gasteiger partial charge in [0.2, 0.25) is 0 Å². The summed E-state index contributed by atoms with van der Waals surface area (Å²) in [5.74, 6) is 1.46. The fraction of sp³-hybridized carbons (Fsp3) is 0.357. The first-order valence-corrected chi connectivity index (χ1v) is 6.57. The Labute approximate surface area is 117 Å². The monoisotopic (exact) mass is 280 g/mol. The molecular formula is C14H17ClN2O2. The molecule has 0 fully saturated rings. The van der Waals surface area contributed by atoms with E-state index < -0.39 is 0 Å². The minimum Gasteiger partial charge on any atom is -0.486 e. The number of halogens is 1. The predicted molar refractivity (Wildman–Crippen MR) is 74.3 cm³/mol. The van der Waals surface area contributed by atoms with Crippen LogP contribution in [0.3, 0.4) is 0 Å². The molecule has 5 heteroatoms. The molecule has 0 aliphatic heterocycles. The van der Waals surface area contributed by atoms with Gasteiger partial charge in [0.15, 0.2) is 5.76 Å². The van der Waals surface area contributed by atoms with E-state index in [1.54, 1.807) is 12.1 Å². The average Bonchev–Trinajstić information content (AvgIpc) is 2.84. The first kappa shape index (κ1) is 13.9. The Balaban J connectivity index is 1.84. The molecular weight excluding hydrogens is 264 g/mol. The molecule has 0 atom stereocenters. The van der Waals surface area contributed by atoms with Crippen molar-refractivity contribution in [2.45, 2.75) is 33.0 Å². The third-order valence-corrected chi connectivity index (χ3v) is 2.75. The standard InChI is InChI=1S/C14H17ClN2O2/c1-10(2)16-8-12-7-14(19-17-12)9-18-13-5-3-11(15)4-6-13/h3-7,10,16H,8-9H2,1-2H3. The third-order valence-electron chi connectivity index (χ3n) is 2.49. The van der Waals surface area contributed by atoms with Crippen molar-refractivity contribution in [3.63, 3.8) is 0 Å². The first-order valence-electron chi connectivity index (χ1n) is 6.19. The number of aromatic nitrogens is 1. The lowest BCUT2D eigenvalue weighted by Crippen LogP contribution is -2.21. The number of nitrogens with one attached hydrogen (secondary N) is 1. The van der Waals surface area contributed by atoms with Gasteiger partial charge in [0, 0.05) is 23.7 Å². The molecule has 0 aliphatic rings. The Bertz CT molecular complexity index is 508. The molecule has 0 spiro atoms. The number of rotatable bonds is 6. The largest absolute Gasteiger partial charge is 0.486 e. The van der Waals surface area contributed by atoms with E-state index >= 15 is 0 Å². The van der Waals surface area contributed by atoms with E-state index in [9.17, 15) is 0 Å². The summed E-state index contributed by atoms with van der Waals surface area (Å²) in [4.78, 5) is 0. The van der Waals surface area contributed by atoms with Crippen molar-refractivity contribution in [3.8, 4) is 5.75 Å². The molecule has 1 aromatic heterocycles. The summed E-state index contributed by atoms with van der Waals surface area (Å²) in [5.41, 5.74) is 0.878. The molecule has 2 aromatic rings. The molecule has 0 saturated heterocycles. The lowest BCUT2D eigenvalue weighted by atomic mass is 10.3. The number of benzene rings is 1. The van der Waals surface area contributed by atoms with Crippen LogP contribution in [0.5, 0.6) is 5.75 Å². The average molecular weight is 281 g/mol. The van der Waals surface area contributed by atoms with Crippen molar-refractivity contribution in [3.05, 3.63) is 46.8 Å². The first-order chi connectivity index (χ1) is 9.13. The lowest BCUT2D eigenvalue weighted by molar-refractivity contribution is 0.248. The predicted octanol–water partition coefficient (Wildman–Crippen LogP) is 3.41. The van der Waals surface area contributed by atoms with Crippen LogP contribution in [0.15, 0.2) is 34.9 Å². The highest BCUT2D eigenvalue weighted by atomic mass is 35.5. The van der Waals surface area contributed by atoms with Crippen molar-refractivity contribution < 1.29 is 9.26 Å². The molecule has 19 heavy (non-hydrogen) atoms. The molecule has 0 saturated carbocycles. The van der Waals surface area contributed by atoms with Crippen LogP contribution in [0.25, 0.3) is 0 Å². The maximum Gasteiger partial charge on any atom is 0.174 e. The molecule has 4 nitrogen and oxygen atoms in total. The smallest absolute Gasteiger partial charge is 0.174 e. The highest BCUT2D eigenvalue weighted by Crippen LogP contribution is 2.17. The molecule has 102 valence electrons. The topological polar surface area (TPSA) is 47.3 Å². The summed E-state index contributed by atoms with van der Waals surface area (Å²) >= 11 is 5.80. The van der Waals surface area contributed by atoms with Crippen LogP contribution in [-0.2, 0) is 13.2 Å². The Morgan fingerprint density at radius 2 is 2.05 bits per heavy atom. The van der Waals surface area contributed by atoms with Crippen LogP contribution in [0, 0.1) is 0 Å². The van der Waals surface area contributed by atoms with Gasteiger partial charge in [-0.2, -0.15) is 0 Å². The Morgan fingerprint density at radius 3 is 2.74 bits per heavy atom. The molecule has 1 heterocycles. The highest BCUT2D eigenvalue weighted by Gasteiger charge is 2.05. The van der Waals surface area contributed by atoms with Crippen molar-refractivity contribution in [2.24, 2.45) is 0 Å². The van der Waals surface area contributed by atoms with Crippen LogP contribution in [0.1, 0.15) is 25.3 Å². The molecule has 0 bridgehead atoms. The highest BCUT2D eigenvalue weighted by molar-refractivity contribution is 6.30. The van der Waals surface area contributed by atoms with Crippen LogP contribution in [0.2, 0.25) is 5.02 Å². The molecule has 1 N–H and O–H groups in total. The van der Waals surface area contributed by atoms with Crippen molar-refractivity contribution in [1.82, 2.24) is 10.5 Å². The van der Waals surface area contributed by atoms with E-state index in [0.717, 1.165) is 11.4 Å². The van der Waals surface area contributed by atoms with Gasteiger partial charge in [-0.25, -0.2) is 0 Å². The summed E-state index contributed by atoms with van der Waals surface area (Å²) in [6, 6.07) is 9.53. The molecule has 2 rings (SSSR count). The SMILES string of the molecule is CC(C)NCc1cc(COc2ccc(Cl)cc2)on1. The number of ether oxygens (including phenoxy) is 1. The lowest BCUT2D eigenvalue weighted by Gasteiger charge is -2.04. The number of hydrogen-bond donors (Lipinski definition) is 1. The number of hydrogen-bond acceptors (Lipinski definition) is 4. The fourth-order valence-electron chi connectivity index (χ4n) is 1.50. The van der Waals surface area contributed by atoms with Crippen molar-refractivity contribution in [2.75, 3.05) is 0 Å². The minimum atomic E-state index is 0.357. The zero-order chi connectivity index (χ0) is 13.7. The molecule has 0 unspecified atom stereocenters. The van der Waals surface area contributed by atoms with E-state index in [1.165, 1.54) is 0 Å². The van der Waals surface area contributed by atoms with E-state index in [0.29, 0.717) is 30.0 Å². The van der Waals surface area contributed by atoms with Crippen LogP contribution < -0.4 is 10.1 Å². The van der Waals surface area contributed by atoms with Gasteiger partial charge >= 0.3 is 0 Å². The Morgan fingerprint density at radius 1 is 1.32 bits per heavy atom. The van der Waals surface area contributed by atoms with E-state index in [-0.39, 0.29) is 0 Å². The summed E-state index contributed by atoms with van der Waals surface area (Å²) in [7, 11) is 0. The van der Waals surface area contributed by atoms with Crippen LogP contribution in [-0.4, -0.2) is 11.2 Å². The number of nitrogens with zero attached hydrogens (tertiary/aromatic N) is 1. The quantitative estimate of drug-likeness (QED) is 0.881. The summed E-state index contributed by atoms with van der Waals surface area (Å²) in [6.07, 6.45) is 0. The van der Waals surface area contributed by atoms with E-state index in [4.69, 9.17) is 20.9 Å². The molecule has 0 aliphatic carbocycles.